The van der Waals surface area contributed by atoms with Crippen molar-refractivity contribution in [1.29, 1.82) is 10.5 Å². The molecule has 0 saturated carbocycles. The van der Waals surface area contributed by atoms with Crippen molar-refractivity contribution in [2.75, 3.05) is 7.11 Å². The van der Waals surface area contributed by atoms with Crippen LogP contribution in [-0.4, -0.2) is 13.1 Å². The number of carbonyl (C=O) groups is 1. The van der Waals surface area contributed by atoms with Crippen LogP contribution >= 0.6 is 0 Å². The maximum atomic E-state index is 9.59. The van der Waals surface area contributed by atoms with Crippen LogP contribution in [0.4, 0.5) is 0 Å². The minimum Gasteiger partial charge on any atom is -0.469 e. The van der Waals surface area contributed by atoms with Crippen molar-refractivity contribution in [2.24, 2.45) is 0 Å². The zero-order valence-corrected chi connectivity index (χ0v) is 6.63. The lowest BCUT2D eigenvalue weighted by Crippen LogP contribution is -1.88. The highest BCUT2D eigenvalue weighted by Gasteiger charge is 1.75. The van der Waals surface area contributed by atoms with Gasteiger partial charge in [0, 0.05) is 19.8 Å². The number of nitriles is 2. The Balaban J connectivity index is 0. The van der Waals surface area contributed by atoms with Crippen LogP contribution in [0.25, 0.3) is 0 Å². The molecule has 0 saturated heterocycles. The van der Waals surface area contributed by atoms with Crippen molar-refractivity contribution in [3.63, 3.8) is 0 Å². The number of nitrogens with zero attached hydrogens (tertiary/aromatic N) is 2. The van der Waals surface area contributed by atoms with E-state index in [0.29, 0.717) is 12.8 Å². The second kappa shape index (κ2) is 11.3. The van der Waals surface area contributed by atoms with E-state index in [1.807, 2.05) is 12.1 Å². The van der Waals surface area contributed by atoms with E-state index in [0.717, 1.165) is 0 Å². The standard InChI is InChI=1S/C4H4N2.C3H6O2/c5-3-1-2-4-6;1-3(4)5-2/h1-2H2;1-2H3. The SMILES string of the molecule is COC(C)=O.N#CCCC#N. The molecule has 0 aliphatic heterocycles. The van der Waals surface area contributed by atoms with Gasteiger partial charge < -0.3 is 4.74 Å². The molecule has 0 atom stereocenters. The molecule has 0 aromatic carbocycles. The van der Waals surface area contributed by atoms with Crippen molar-refractivity contribution in [3.8, 4) is 12.1 Å². The van der Waals surface area contributed by atoms with Crippen molar-refractivity contribution < 1.29 is 9.53 Å². The summed E-state index contributed by atoms with van der Waals surface area (Å²) in [4.78, 5) is 9.59. The molecule has 0 spiro atoms. The third-order valence-electron chi connectivity index (χ3n) is 0.636. The molecule has 0 heterocycles. The van der Waals surface area contributed by atoms with Crippen molar-refractivity contribution in [2.45, 2.75) is 19.8 Å². The van der Waals surface area contributed by atoms with Gasteiger partial charge in [0.05, 0.1) is 19.2 Å². The van der Waals surface area contributed by atoms with Crippen molar-refractivity contribution >= 4 is 5.97 Å². The Labute approximate surface area is 66.0 Å². The molecule has 0 bridgehead atoms. The topological polar surface area (TPSA) is 73.9 Å². The summed E-state index contributed by atoms with van der Waals surface area (Å²) >= 11 is 0. The average molecular weight is 154 g/mol. The number of ether oxygens (including phenoxy) is 1. The van der Waals surface area contributed by atoms with Gasteiger partial charge in [0.2, 0.25) is 0 Å². The van der Waals surface area contributed by atoms with Crippen molar-refractivity contribution in [1.82, 2.24) is 0 Å². The first kappa shape index (κ1) is 12.2. The van der Waals surface area contributed by atoms with Gasteiger partial charge in [-0.2, -0.15) is 10.5 Å². The van der Waals surface area contributed by atoms with Gasteiger partial charge in [-0.15, -0.1) is 0 Å². The Kier molecular flexibility index (Phi) is 12.5. The number of esters is 1. The summed E-state index contributed by atoms with van der Waals surface area (Å²) in [6.45, 7) is 1.36. The van der Waals surface area contributed by atoms with E-state index in [1.165, 1.54) is 14.0 Å². The van der Waals surface area contributed by atoms with Gasteiger partial charge in [0.25, 0.3) is 0 Å². The molecule has 0 aromatic heterocycles. The van der Waals surface area contributed by atoms with E-state index >= 15 is 0 Å². The minimum atomic E-state index is -0.245. The van der Waals surface area contributed by atoms with Gasteiger partial charge in [-0.3, -0.25) is 4.79 Å². The third-order valence-corrected chi connectivity index (χ3v) is 0.636. The maximum absolute atomic E-state index is 9.59. The number of rotatable bonds is 1. The summed E-state index contributed by atoms with van der Waals surface area (Å²) in [6.07, 6.45) is 0.715. The Morgan fingerprint density at radius 2 is 1.64 bits per heavy atom. The molecule has 4 nitrogen and oxygen atoms in total. The lowest BCUT2D eigenvalue weighted by molar-refractivity contribution is -0.137. The number of hydrogen-bond acceptors (Lipinski definition) is 4. The summed E-state index contributed by atoms with van der Waals surface area (Å²) in [5.74, 6) is -0.245. The summed E-state index contributed by atoms with van der Waals surface area (Å²) < 4.78 is 4.11. The van der Waals surface area contributed by atoms with Crippen LogP contribution in [0, 0.1) is 22.7 Å². The van der Waals surface area contributed by atoms with Gasteiger partial charge in [-0.25, -0.2) is 0 Å². The molecule has 0 aliphatic carbocycles. The fraction of sp³-hybridized carbons (Fsp3) is 0.571. The number of unbranched alkanes of at least 4 members (excludes halogenated alkanes) is 1. The van der Waals surface area contributed by atoms with E-state index in [-0.39, 0.29) is 5.97 Å². The fourth-order valence-electron chi connectivity index (χ4n) is 0.112. The third kappa shape index (κ3) is 29.5. The Morgan fingerprint density at radius 3 is 1.73 bits per heavy atom. The molecule has 0 radical (unpaired) electrons. The minimum absolute atomic E-state index is 0.245. The molecule has 11 heavy (non-hydrogen) atoms. The normalized spacial score (nSPS) is 6.18. The van der Waals surface area contributed by atoms with Crippen LogP contribution in [0.5, 0.6) is 0 Å². The maximum Gasteiger partial charge on any atom is 0.302 e. The van der Waals surface area contributed by atoms with Gasteiger partial charge in [-0.05, 0) is 0 Å². The van der Waals surface area contributed by atoms with E-state index in [4.69, 9.17) is 10.5 Å². The number of methoxy groups -OCH3 is 1. The highest BCUT2D eigenvalue weighted by molar-refractivity contribution is 5.65. The second-order valence-corrected chi connectivity index (χ2v) is 1.51. The first-order valence-corrected chi connectivity index (χ1v) is 2.97. The van der Waals surface area contributed by atoms with Crippen LogP contribution in [0.3, 0.4) is 0 Å². The van der Waals surface area contributed by atoms with Crippen LogP contribution in [0.2, 0.25) is 0 Å². The number of hydrogen-bond donors (Lipinski definition) is 0. The highest BCUT2D eigenvalue weighted by Crippen LogP contribution is 1.78. The smallest absolute Gasteiger partial charge is 0.302 e. The molecule has 0 rings (SSSR count). The Bertz CT molecular complexity index is 162. The fourth-order valence-corrected chi connectivity index (χ4v) is 0.112. The molecule has 4 heteroatoms. The van der Waals surface area contributed by atoms with E-state index in [9.17, 15) is 4.79 Å². The van der Waals surface area contributed by atoms with E-state index in [1.54, 1.807) is 0 Å². The van der Waals surface area contributed by atoms with Gasteiger partial charge in [0.15, 0.2) is 0 Å². The Morgan fingerprint density at radius 1 is 1.36 bits per heavy atom. The number of carbonyl (C=O) groups excluding carboxylic acids is 1. The van der Waals surface area contributed by atoms with Crippen LogP contribution < -0.4 is 0 Å². The molecule has 0 aliphatic rings. The first-order valence-electron chi connectivity index (χ1n) is 2.97. The molecule has 0 unspecified atom stereocenters. The molecule has 0 N–H and O–H groups in total. The zero-order valence-electron chi connectivity index (χ0n) is 6.63. The van der Waals surface area contributed by atoms with Gasteiger partial charge >= 0.3 is 5.97 Å². The predicted octanol–water partition coefficient (Wildman–Crippen LogP) is 0.993. The summed E-state index contributed by atoms with van der Waals surface area (Å²) in [5, 5.41) is 15.6. The molecule has 0 fully saturated rings. The summed E-state index contributed by atoms with van der Waals surface area (Å²) in [6, 6.07) is 3.69. The summed E-state index contributed by atoms with van der Waals surface area (Å²) in [7, 11) is 1.35. The van der Waals surface area contributed by atoms with Crippen LogP contribution in [0.1, 0.15) is 19.8 Å². The lowest BCUT2D eigenvalue weighted by Gasteiger charge is -1.80. The quantitative estimate of drug-likeness (QED) is 0.417. The first-order chi connectivity index (χ1) is 5.18. The summed E-state index contributed by atoms with van der Waals surface area (Å²) in [5.41, 5.74) is 0. The highest BCUT2D eigenvalue weighted by atomic mass is 16.5. The molecule has 60 valence electrons. The zero-order chi connectivity index (χ0) is 9.11. The monoisotopic (exact) mass is 154 g/mol. The van der Waals surface area contributed by atoms with E-state index in [2.05, 4.69) is 4.74 Å². The second-order valence-electron chi connectivity index (χ2n) is 1.51. The molecule has 0 amide bonds. The van der Waals surface area contributed by atoms with E-state index < -0.39 is 0 Å². The average Bonchev–Trinajstić information content (AvgIpc) is 2.02. The lowest BCUT2D eigenvalue weighted by atomic mass is 10.4. The molecule has 0 aromatic rings. The van der Waals surface area contributed by atoms with Crippen LogP contribution in [0.15, 0.2) is 0 Å². The van der Waals surface area contributed by atoms with Gasteiger partial charge in [-0.1, -0.05) is 0 Å². The largest absolute Gasteiger partial charge is 0.469 e. The van der Waals surface area contributed by atoms with Crippen LogP contribution in [-0.2, 0) is 9.53 Å². The Hall–Kier alpha value is -1.55. The molecular weight excluding hydrogens is 144 g/mol. The molecular formula is C7H10N2O2. The predicted molar refractivity (Wildman–Crippen MR) is 38.2 cm³/mol. The van der Waals surface area contributed by atoms with Gasteiger partial charge in [0.1, 0.15) is 0 Å². The van der Waals surface area contributed by atoms with Crippen molar-refractivity contribution in [3.05, 3.63) is 0 Å².